The van der Waals surface area contributed by atoms with E-state index in [2.05, 4.69) is 9.44 Å². The molecule has 3 aromatic carbocycles. The van der Waals surface area contributed by atoms with E-state index >= 15 is 0 Å². The highest BCUT2D eigenvalue weighted by molar-refractivity contribution is 7.93. The van der Waals surface area contributed by atoms with E-state index in [1.54, 1.807) is 11.0 Å². The molecule has 1 heterocycles. The minimum atomic E-state index is -4.24. The first kappa shape index (κ1) is 25.3. The number of nitrogens with zero attached hydrogens (tertiary/aromatic N) is 1. The number of methoxy groups -OCH3 is 1. The highest BCUT2D eigenvalue weighted by atomic mass is 35.5. The average molecular weight is 574 g/mol. The second-order valence-electron chi connectivity index (χ2n) is 7.25. The van der Waals surface area contributed by atoms with E-state index < -0.39 is 20.0 Å². The van der Waals surface area contributed by atoms with Crippen molar-refractivity contribution in [1.29, 1.82) is 0 Å². The molecule has 0 spiro atoms. The van der Waals surface area contributed by atoms with Gasteiger partial charge in [0.15, 0.2) is 0 Å². The highest BCUT2D eigenvalue weighted by Crippen LogP contribution is 2.35. The number of halogens is 2. The molecule has 2 N–H and O–H groups in total. The molecule has 0 radical (unpaired) electrons. The predicted octanol–water partition coefficient (Wildman–Crippen LogP) is 4.52. The first-order chi connectivity index (χ1) is 16.4. The Morgan fingerprint density at radius 1 is 0.829 bits per heavy atom. The number of nitrogens with one attached hydrogen (secondary N) is 2. The molecule has 4 aromatic rings. The van der Waals surface area contributed by atoms with Gasteiger partial charge in [-0.05, 0) is 66.1 Å². The third-order valence-electron chi connectivity index (χ3n) is 4.98. The molecule has 0 atom stereocenters. The van der Waals surface area contributed by atoms with E-state index in [-0.39, 0.29) is 41.3 Å². The first-order valence-corrected chi connectivity index (χ1v) is 14.2. The van der Waals surface area contributed by atoms with Crippen LogP contribution in [-0.2, 0) is 27.1 Å². The third-order valence-corrected chi connectivity index (χ3v) is 9.30. The fourth-order valence-electron chi connectivity index (χ4n) is 3.22. The SMILES string of the molecule is COc1ccc(S(=O)(=O)Nc2cc(Cl)c(Cl)cc2NS(=O)(=O)c2ccc3c(c2)c(=O)sn3C)cc1. The quantitative estimate of drug-likeness (QED) is 0.335. The van der Waals surface area contributed by atoms with Crippen molar-refractivity contribution in [2.45, 2.75) is 9.79 Å². The molecule has 1 aromatic heterocycles. The Balaban J connectivity index is 1.73. The van der Waals surface area contributed by atoms with E-state index in [0.29, 0.717) is 11.3 Å². The number of hydrogen-bond donors (Lipinski definition) is 2. The van der Waals surface area contributed by atoms with Gasteiger partial charge < -0.3 is 4.74 Å². The van der Waals surface area contributed by atoms with E-state index in [1.807, 2.05) is 0 Å². The number of ether oxygens (including phenoxy) is 1. The lowest BCUT2D eigenvalue weighted by Gasteiger charge is -2.16. The molecule has 0 saturated carbocycles. The molecule has 0 aliphatic heterocycles. The number of fused-ring (bicyclic) bond motifs is 1. The zero-order valence-corrected chi connectivity index (χ0v) is 22.0. The van der Waals surface area contributed by atoms with Crippen molar-refractivity contribution in [3.63, 3.8) is 0 Å². The maximum absolute atomic E-state index is 13.1. The van der Waals surface area contributed by atoms with Crippen LogP contribution in [0.3, 0.4) is 0 Å². The second kappa shape index (κ2) is 9.36. The summed E-state index contributed by atoms with van der Waals surface area (Å²) < 4.78 is 63.2. The number of sulfonamides is 2. The van der Waals surface area contributed by atoms with Crippen molar-refractivity contribution in [2.75, 3.05) is 16.6 Å². The van der Waals surface area contributed by atoms with Crippen LogP contribution < -0.4 is 18.9 Å². The van der Waals surface area contributed by atoms with Gasteiger partial charge in [-0.25, -0.2) is 16.8 Å². The smallest absolute Gasteiger partial charge is 0.261 e. The summed E-state index contributed by atoms with van der Waals surface area (Å²) in [5, 5.41) is 0.249. The van der Waals surface area contributed by atoms with Crippen LogP contribution in [0.15, 0.2) is 69.2 Å². The fourth-order valence-corrected chi connectivity index (χ4v) is 6.48. The van der Waals surface area contributed by atoms with Crippen LogP contribution in [0.25, 0.3) is 10.9 Å². The Bertz CT molecular complexity index is 1710. The van der Waals surface area contributed by atoms with Gasteiger partial charge >= 0.3 is 0 Å². The van der Waals surface area contributed by atoms with Crippen molar-refractivity contribution in [3.8, 4) is 5.75 Å². The van der Waals surface area contributed by atoms with E-state index in [1.165, 1.54) is 61.7 Å². The molecular weight excluding hydrogens is 557 g/mol. The van der Waals surface area contributed by atoms with Crippen LogP contribution in [-0.4, -0.2) is 27.9 Å². The largest absolute Gasteiger partial charge is 0.497 e. The van der Waals surface area contributed by atoms with Gasteiger partial charge in [0.2, 0.25) is 0 Å². The maximum Gasteiger partial charge on any atom is 0.261 e. The van der Waals surface area contributed by atoms with Gasteiger partial charge in [0, 0.05) is 7.05 Å². The topological polar surface area (TPSA) is 124 Å². The van der Waals surface area contributed by atoms with Crippen molar-refractivity contribution in [2.24, 2.45) is 7.05 Å². The third kappa shape index (κ3) is 5.11. The summed E-state index contributed by atoms with van der Waals surface area (Å²) in [5.41, 5.74) is 0.280. The molecular formula is C21H17Cl2N3O6S3. The Labute approximate surface area is 215 Å². The number of hydrogen-bond acceptors (Lipinski definition) is 7. The Kier molecular flexibility index (Phi) is 6.77. The van der Waals surface area contributed by atoms with Gasteiger partial charge in [0.1, 0.15) is 5.75 Å². The van der Waals surface area contributed by atoms with Crippen molar-refractivity contribution < 1.29 is 21.6 Å². The minimum absolute atomic E-state index is 0.00100. The number of anilines is 2. The van der Waals surface area contributed by atoms with Crippen LogP contribution in [0.1, 0.15) is 0 Å². The molecule has 0 saturated heterocycles. The van der Waals surface area contributed by atoms with Crippen LogP contribution in [0.2, 0.25) is 10.0 Å². The van der Waals surface area contributed by atoms with Gasteiger partial charge in [-0.15, -0.1) is 0 Å². The Morgan fingerprint density at radius 3 is 1.89 bits per heavy atom. The van der Waals surface area contributed by atoms with Crippen LogP contribution in [0.5, 0.6) is 5.75 Å². The van der Waals surface area contributed by atoms with Gasteiger partial charge in [0.25, 0.3) is 24.8 Å². The summed E-state index contributed by atoms with van der Waals surface area (Å²) in [6, 6.07) is 12.1. The van der Waals surface area contributed by atoms with E-state index in [4.69, 9.17) is 27.9 Å². The highest BCUT2D eigenvalue weighted by Gasteiger charge is 2.22. The summed E-state index contributed by atoms with van der Waals surface area (Å²) in [4.78, 5) is 11.9. The summed E-state index contributed by atoms with van der Waals surface area (Å²) in [6.07, 6.45) is 0. The van der Waals surface area contributed by atoms with Crippen molar-refractivity contribution >= 4 is 77.1 Å². The maximum atomic E-state index is 13.1. The lowest BCUT2D eigenvalue weighted by atomic mass is 10.2. The number of aromatic nitrogens is 1. The van der Waals surface area contributed by atoms with E-state index in [0.717, 1.165) is 11.5 Å². The summed E-state index contributed by atoms with van der Waals surface area (Å²) in [7, 11) is -5.23. The van der Waals surface area contributed by atoms with Gasteiger partial charge in [-0.2, -0.15) is 0 Å². The van der Waals surface area contributed by atoms with Crippen LogP contribution in [0, 0.1) is 0 Å². The molecule has 35 heavy (non-hydrogen) atoms. The zero-order chi connectivity index (χ0) is 25.5. The van der Waals surface area contributed by atoms with Crippen molar-refractivity contribution in [1.82, 2.24) is 3.96 Å². The molecule has 0 aliphatic carbocycles. The molecule has 0 bridgehead atoms. The van der Waals surface area contributed by atoms with Crippen LogP contribution >= 0.6 is 34.7 Å². The number of rotatable bonds is 7. The average Bonchev–Trinajstić information content (AvgIpc) is 3.10. The summed E-state index contributed by atoms with van der Waals surface area (Å²) in [5.74, 6) is 0.462. The standard InChI is InChI=1S/C21H17Cl2N3O6S3/c1-26-20-8-7-14(9-15(20)21(27)33-26)35(30,31)25-19-11-17(23)16(22)10-18(19)24-34(28,29)13-5-3-12(32-2)4-6-13/h3-11,24-25H,1-2H3. The molecule has 0 amide bonds. The molecule has 14 heteroatoms. The molecule has 0 fully saturated rings. The summed E-state index contributed by atoms with van der Waals surface area (Å²) in [6.45, 7) is 0. The molecule has 0 aliphatic rings. The lowest BCUT2D eigenvalue weighted by Crippen LogP contribution is -2.18. The predicted molar refractivity (Wildman–Crippen MR) is 138 cm³/mol. The van der Waals surface area contributed by atoms with Crippen molar-refractivity contribution in [3.05, 3.63) is 74.2 Å². The molecule has 184 valence electrons. The number of aryl methyl sites for hydroxylation is 1. The lowest BCUT2D eigenvalue weighted by molar-refractivity contribution is 0.414. The van der Waals surface area contributed by atoms with Gasteiger partial charge in [0.05, 0.1) is 49.2 Å². The Hall–Kier alpha value is -2.77. The molecule has 9 nitrogen and oxygen atoms in total. The van der Waals surface area contributed by atoms with Gasteiger partial charge in [-0.1, -0.05) is 23.2 Å². The van der Waals surface area contributed by atoms with Crippen LogP contribution in [0.4, 0.5) is 11.4 Å². The second-order valence-corrected chi connectivity index (χ2v) is 12.5. The van der Waals surface area contributed by atoms with E-state index in [9.17, 15) is 21.6 Å². The molecule has 0 unspecified atom stereocenters. The monoisotopic (exact) mass is 573 g/mol. The molecule has 4 rings (SSSR count). The normalized spacial score (nSPS) is 12.0. The minimum Gasteiger partial charge on any atom is -0.497 e. The zero-order valence-electron chi connectivity index (χ0n) is 18.1. The summed E-state index contributed by atoms with van der Waals surface area (Å²) >= 11 is 13.1. The van der Waals surface area contributed by atoms with Gasteiger partial charge in [-0.3, -0.25) is 18.2 Å². The number of benzene rings is 3. The fraction of sp³-hybridized carbons (Fsp3) is 0.0952. The Morgan fingerprint density at radius 2 is 1.34 bits per heavy atom. The first-order valence-electron chi connectivity index (χ1n) is 9.70.